The molecule has 0 aromatic heterocycles. The van der Waals surface area contributed by atoms with Crippen molar-refractivity contribution in [2.24, 2.45) is 0 Å². The maximum atomic E-state index is 13.5. The van der Waals surface area contributed by atoms with Gasteiger partial charge in [0.25, 0.3) is 5.91 Å². The number of nitrogens with zero attached hydrogens (tertiary/aromatic N) is 4. The largest absolute Gasteiger partial charge is 0.506 e. The van der Waals surface area contributed by atoms with E-state index >= 15 is 0 Å². The number of anilines is 1. The van der Waals surface area contributed by atoms with Crippen molar-refractivity contribution in [2.45, 2.75) is 25.3 Å². The van der Waals surface area contributed by atoms with Crippen LogP contribution < -0.4 is 4.90 Å². The number of hydrogen-bond acceptors (Lipinski definition) is 5. The number of phenolic OH excluding ortho intramolecular Hbond substituents is 1. The third-order valence-corrected chi connectivity index (χ3v) is 7.10. The molecule has 178 valence electrons. The van der Waals surface area contributed by atoms with E-state index in [1.54, 1.807) is 17.0 Å². The zero-order chi connectivity index (χ0) is 24.4. The number of benzene rings is 3. The Balaban J connectivity index is 1.30. The number of hydrogen-bond donors (Lipinski definition) is 1. The fraction of sp³-hybridized carbons (Fsp3) is 0.321. The summed E-state index contributed by atoms with van der Waals surface area (Å²) >= 11 is 0. The predicted molar refractivity (Wildman–Crippen MR) is 134 cm³/mol. The second-order valence-electron chi connectivity index (χ2n) is 9.16. The summed E-state index contributed by atoms with van der Waals surface area (Å²) in [6.45, 7) is 3.26. The van der Waals surface area contributed by atoms with Crippen LogP contribution in [0.2, 0.25) is 0 Å². The number of carbonyl (C=O) groups is 2. The van der Waals surface area contributed by atoms with Crippen molar-refractivity contribution in [3.8, 4) is 11.8 Å². The number of aromatic hydroxyl groups is 1. The van der Waals surface area contributed by atoms with Gasteiger partial charge in [0.05, 0.1) is 17.2 Å². The topological polar surface area (TPSA) is 87.9 Å². The highest BCUT2D eigenvalue weighted by Gasteiger charge is 2.38. The summed E-state index contributed by atoms with van der Waals surface area (Å²) < 4.78 is 0. The van der Waals surface area contributed by atoms with E-state index in [0.29, 0.717) is 43.5 Å². The maximum Gasteiger partial charge on any atom is 0.258 e. The van der Waals surface area contributed by atoms with Gasteiger partial charge >= 0.3 is 0 Å². The molecule has 35 heavy (non-hydrogen) atoms. The Morgan fingerprint density at radius 2 is 1.69 bits per heavy atom. The average Bonchev–Trinajstić information content (AvgIpc) is 3.26. The van der Waals surface area contributed by atoms with Gasteiger partial charge in [-0.15, -0.1) is 0 Å². The van der Waals surface area contributed by atoms with Crippen LogP contribution in [0.1, 0.15) is 35.2 Å². The Labute approximate surface area is 204 Å². The summed E-state index contributed by atoms with van der Waals surface area (Å²) in [6.07, 6.45) is 2.23. The van der Waals surface area contributed by atoms with Crippen LogP contribution in [0.4, 0.5) is 5.69 Å². The first-order chi connectivity index (χ1) is 17.1. The molecule has 0 aliphatic carbocycles. The van der Waals surface area contributed by atoms with Crippen molar-refractivity contribution >= 4 is 28.3 Å². The van der Waals surface area contributed by atoms with Crippen LogP contribution in [0, 0.1) is 11.3 Å². The molecule has 2 aliphatic heterocycles. The van der Waals surface area contributed by atoms with Gasteiger partial charge in [-0.25, -0.2) is 0 Å². The third kappa shape index (κ3) is 4.40. The summed E-state index contributed by atoms with van der Waals surface area (Å²) in [4.78, 5) is 32.7. The fourth-order valence-corrected chi connectivity index (χ4v) is 5.20. The molecule has 7 nitrogen and oxygen atoms in total. The number of likely N-dealkylation sites (tertiary alicyclic amines) is 1. The van der Waals surface area contributed by atoms with Crippen LogP contribution >= 0.6 is 0 Å². The Hall–Kier alpha value is -4.05. The molecule has 3 aromatic rings. The van der Waals surface area contributed by atoms with E-state index in [4.69, 9.17) is 5.26 Å². The first kappa shape index (κ1) is 22.7. The fourth-order valence-electron chi connectivity index (χ4n) is 5.20. The second kappa shape index (κ2) is 9.67. The molecular formula is C28H28N4O3. The number of carbonyl (C=O) groups excluding carboxylic acids is 2. The Bertz CT molecular complexity index is 1300. The molecule has 0 saturated carbocycles. The molecule has 5 rings (SSSR count). The standard InChI is InChI=1S/C28H28N4O3/c29-19-20-8-11-22(12-9-20)30-14-4-15-31(18-17-30)28(35)25-7-3-16-32(25)27(34)24-13-10-21-5-1-2-6-23(21)26(24)33/h1-2,5-6,8-13,25,33H,3-4,7,14-18H2. The zero-order valence-electron chi connectivity index (χ0n) is 19.6. The van der Waals surface area contributed by atoms with E-state index in [1.807, 2.05) is 53.4 Å². The molecular weight excluding hydrogens is 440 g/mol. The number of fused-ring (bicyclic) bond motifs is 1. The van der Waals surface area contributed by atoms with Gasteiger partial charge in [-0.05, 0) is 55.0 Å². The minimum atomic E-state index is -0.505. The molecule has 7 heteroatoms. The first-order valence-electron chi connectivity index (χ1n) is 12.1. The summed E-state index contributed by atoms with van der Waals surface area (Å²) in [5, 5.41) is 21.3. The van der Waals surface area contributed by atoms with E-state index < -0.39 is 6.04 Å². The highest BCUT2D eigenvalue weighted by atomic mass is 16.3. The minimum absolute atomic E-state index is 0.0159. The van der Waals surface area contributed by atoms with Gasteiger partial charge in [0.2, 0.25) is 5.91 Å². The molecule has 1 N–H and O–H groups in total. The molecule has 0 radical (unpaired) electrons. The second-order valence-corrected chi connectivity index (χ2v) is 9.16. The van der Waals surface area contributed by atoms with Crippen molar-refractivity contribution in [3.05, 3.63) is 71.8 Å². The molecule has 2 aliphatic rings. The smallest absolute Gasteiger partial charge is 0.258 e. The van der Waals surface area contributed by atoms with Crippen molar-refractivity contribution in [2.75, 3.05) is 37.6 Å². The highest BCUT2D eigenvalue weighted by molar-refractivity contribution is 6.05. The predicted octanol–water partition coefficient (Wildman–Crippen LogP) is 3.76. The van der Waals surface area contributed by atoms with Crippen LogP contribution in [0.25, 0.3) is 10.8 Å². The summed E-state index contributed by atoms with van der Waals surface area (Å²) in [5.41, 5.74) is 1.91. The maximum absolute atomic E-state index is 13.5. The number of nitriles is 1. The van der Waals surface area contributed by atoms with Gasteiger partial charge in [-0.3, -0.25) is 9.59 Å². The van der Waals surface area contributed by atoms with Crippen LogP contribution in [-0.4, -0.2) is 65.5 Å². The van der Waals surface area contributed by atoms with Gasteiger partial charge in [0.15, 0.2) is 0 Å². The normalized spacial score (nSPS) is 18.4. The number of phenols is 1. The molecule has 2 amide bonds. The van der Waals surface area contributed by atoms with Crippen molar-refractivity contribution in [1.82, 2.24) is 9.80 Å². The quantitative estimate of drug-likeness (QED) is 0.632. The summed E-state index contributed by atoms with van der Waals surface area (Å²) in [6, 6.07) is 20.1. The minimum Gasteiger partial charge on any atom is -0.506 e. The van der Waals surface area contributed by atoms with Crippen LogP contribution in [0.5, 0.6) is 5.75 Å². The van der Waals surface area contributed by atoms with Gasteiger partial charge < -0.3 is 19.8 Å². The third-order valence-electron chi connectivity index (χ3n) is 7.10. The summed E-state index contributed by atoms with van der Waals surface area (Å²) in [5.74, 6) is -0.338. The van der Waals surface area contributed by atoms with Crippen molar-refractivity contribution in [1.29, 1.82) is 5.26 Å². The van der Waals surface area contributed by atoms with E-state index in [9.17, 15) is 14.7 Å². The van der Waals surface area contributed by atoms with Crippen molar-refractivity contribution in [3.63, 3.8) is 0 Å². The summed E-state index contributed by atoms with van der Waals surface area (Å²) in [7, 11) is 0. The Kier molecular flexibility index (Phi) is 6.28. The lowest BCUT2D eigenvalue weighted by Crippen LogP contribution is -2.48. The van der Waals surface area contributed by atoms with E-state index in [1.165, 1.54) is 0 Å². The number of amides is 2. The lowest BCUT2D eigenvalue weighted by molar-refractivity contribution is -0.135. The SMILES string of the molecule is N#Cc1ccc(N2CCCN(C(=O)C3CCCN3C(=O)c3ccc4ccccc4c3O)CC2)cc1. The van der Waals surface area contributed by atoms with E-state index in [-0.39, 0.29) is 23.1 Å². The number of rotatable bonds is 3. The highest BCUT2D eigenvalue weighted by Crippen LogP contribution is 2.32. The van der Waals surface area contributed by atoms with Gasteiger partial charge in [-0.2, -0.15) is 5.26 Å². The molecule has 2 saturated heterocycles. The van der Waals surface area contributed by atoms with Crippen LogP contribution in [-0.2, 0) is 4.79 Å². The molecule has 2 fully saturated rings. The molecule has 3 aromatic carbocycles. The van der Waals surface area contributed by atoms with Gasteiger partial charge in [0, 0.05) is 43.8 Å². The monoisotopic (exact) mass is 468 g/mol. The molecule has 0 spiro atoms. The van der Waals surface area contributed by atoms with Gasteiger partial charge in [-0.1, -0.05) is 30.3 Å². The van der Waals surface area contributed by atoms with Gasteiger partial charge in [0.1, 0.15) is 11.8 Å². The molecule has 1 atom stereocenters. The van der Waals surface area contributed by atoms with Crippen LogP contribution in [0.15, 0.2) is 60.7 Å². The Morgan fingerprint density at radius 1 is 0.886 bits per heavy atom. The molecule has 0 bridgehead atoms. The first-order valence-corrected chi connectivity index (χ1v) is 12.1. The zero-order valence-corrected chi connectivity index (χ0v) is 19.6. The van der Waals surface area contributed by atoms with E-state index in [2.05, 4.69) is 11.0 Å². The average molecular weight is 469 g/mol. The lowest BCUT2D eigenvalue weighted by atomic mass is 10.0. The Morgan fingerprint density at radius 3 is 2.49 bits per heavy atom. The van der Waals surface area contributed by atoms with Crippen LogP contribution in [0.3, 0.4) is 0 Å². The van der Waals surface area contributed by atoms with E-state index in [0.717, 1.165) is 30.5 Å². The lowest BCUT2D eigenvalue weighted by Gasteiger charge is -2.30. The molecule has 1 unspecified atom stereocenters. The van der Waals surface area contributed by atoms with Crippen molar-refractivity contribution < 1.29 is 14.7 Å². The molecule has 2 heterocycles.